The molecule has 0 saturated carbocycles. The molecule has 2 nitrogen and oxygen atoms in total. The van der Waals surface area contributed by atoms with Crippen LogP contribution in [0.5, 0.6) is 0 Å². The number of nitrogens with zero attached hydrogens (tertiary/aromatic N) is 2. The minimum Gasteiger partial charge on any atom is -0.295 e. The van der Waals surface area contributed by atoms with E-state index in [0.29, 0.717) is 5.71 Å². The van der Waals surface area contributed by atoms with E-state index in [2.05, 4.69) is 23.7 Å². The summed E-state index contributed by atoms with van der Waals surface area (Å²) in [5.41, 5.74) is 3.74. The molecule has 0 spiro atoms. The SMILES string of the molecule is C[C](C)CN1CC(=Cc2c(F)cc(N=C(c3ccccc3)c3ccccc3)cc2F)C1. The van der Waals surface area contributed by atoms with Crippen LogP contribution in [0.25, 0.3) is 6.08 Å². The van der Waals surface area contributed by atoms with Crippen LogP contribution in [0.3, 0.4) is 0 Å². The number of aliphatic imine (C=N–C) groups is 1. The van der Waals surface area contributed by atoms with Crippen LogP contribution in [-0.4, -0.2) is 30.2 Å². The zero-order valence-corrected chi connectivity index (χ0v) is 17.8. The van der Waals surface area contributed by atoms with E-state index in [9.17, 15) is 8.78 Å². The third kappa shape index (κ3) is 5.15. The van der Waals surface area contributed by atoms with Gasteiger partial charge in [0.15, 0.2) is 0 Å². The molecule has 3 aromatic rings. The molecular formula is C27H25F2N2. The Morgan fingerprint density at radius 2 is 1.39 bits per heavy atom. The summed E-state index contributed by atoms with van der Waals surface area (Å²) in [6, 6.07) is 21.9. The molecule has 1 fully saturated rings. The third-order valence-corrected chi connectivity index (χ3v) is 5.14. The Hall–Kier alpha value is -3.11. The zero-order chi connectivity index (χ0) is 21.8. The summed E-state index contributed by atoms with van der Waals surface area (Å²) < 4.78 is 29.6. The van der Waals surface area contributed by atoms with Crippen LogP contribution in [0, 0.1) is 17.6 Å². The zero-order valence-electron chi connectivity index (χ0n) is 17.8. The summed E-state index contributed by atoms with van der Waals surface area (Å²) in [6.45, 7) is 6.57. The Kier molecular flexibility index (Phi) is 6.38. The van der Waals surface area contributed by atoms with Gasteiger partial charge < -0.3 is 0 Å². The van der Waals surface area contributed by atoms with Gasteiger partial charge in [0.25, 0.3) is 0 Å². The molecule has 157 valence electrons. The van der Waals surface area contributed by atoms with Gasteiger partial charge in [-0.2, -0.15) is 0 Å². The Morgan fingerprint density at radius 3 is 1.87 bits per heavy atom. The first kappa shape index (κ1) is 21.1. The van der Waals surface area contributed by atoms with E-state index >= 15 is 0 Å². The quantitative estimate of drug-likeness (QED) is 0.423. The molecule has 0 aromatic heterocycles. The van der Waals surface area contributed by atoms with Crippen LogP contribution in [0.4, 0.5) is 14.5 Å². The minimum atomic E-state index is -0.594. The molecule has 0 amide bonds. The average Bonchev–Trinajstić information content (AvgIpc) is 2.73. The van der Waals surface area contributed by atoms with Crippen LogP contribution < -0.4 is 0 Å². The Bertz CT molecular complexity index is 1030. The maximum atomic E-state index is 14.8. The van der Waals surface area contributed by atoms with E-state index in [0.717, 1.165) is 36.3 Å². The molecule has 4 heteroatoms. The molecule has 0 N–H and O–H groups in total. The molecule has 1 radical (unpaired) electrons. The van der Waals surface area contributed by atoms with E-state index in [1.54, 1.807) is 6.08 Å². The topological polar surface area (TPSA) is 15.6 Å². The largest absolute Gasteiger partial charge is 0.295 e. The van der Waals surface area contributed by atoms with E-state index in [-0.39, 0.29) is 11.3 Å². The van der Waals surface area contributed by atoms with Gasteiger partial charge in [0.05, 0.1) is 11.4 Å². The van der Waals surface area contributed by atoms with Gasteiger partial charge in [0, 0.05) is 48.5 Å². The highest BCUT2D eigenvalue weighted by molar-refractivity contribution is 6.13. The van der Waals surface area contributed by atoms with Gasteiger partial charge in [-0.15, -0.1) is 0 Å². The first-order valence-corrected chi connectivity index (χ1v) is 10.4. The second-order valence-electron chi connectivity index (χ2n) is 8.17. The monoisotopic (exact) mass is 415 g/mol. The number of rotatable bonds is 6. The molecule has 0 unspecified atom stereocenters. The number of hydrogen-bond donors (Lipinski definition) is 0. The van der Waals surface area contributed by atoms with E-state index < -0.39 is 11.6 Å². The van der Waals surface area contributed by atoms with Gasteiger partial charge in [-0.1, -0.05) is 74.5 Å². The van der Waals surface area contributed by atoms with Crippen molar-refractivity contribution in [1.29, 1.82) is 0 Å². The van der Waals surface area contributed by atoms with Gasteiger partial charge in [-0.3, -0.25) is 4.90 Å². The van der Waals surface area contributed by atoms with Crippen LogP contribution in [-0.2, 0) is 0 Å². The Labute approximate surface area is 182 Å². The van der Waals surface area contributed by atoms with Gasteiger partial charge in [-0.25, -0.2) is 13.8 Å². The van der Waals surface area contributed by atoms with Crippen LogP contribution in [0.2, 0.25) is 0 Å². The highest BCUT2D eigenvalue weighted by Gasteiger charge is 2.22. The van der Waals surface area contributed by atoms with Crippen LogP contribution >= 0.6 is 0 Å². The molecule has 3 aromatic carbocycles. The first-order chi connectivity index (χ1) is 15.0. The Balaban J connectivity index is 1.64. The maximum absolute atomic E-state index is 14.8. The molecule has 0 atom stereocenters. The van der Waals surface area contributed by atoms with Crippen molar-refractivity contribution in [3.05, 3.63) is 113 Å². The highest BCUT2D eigenvalue weighted by atomic mass is 19.1. The van der Waals surface area contributed by atoms with Gasteiger partial charge >= 0.3 is 0 Å². The average molecular weight is 416 g/mol. The van der Waals surface area contributed by atoms with Crippen molar-refractivity contribution >= 4 is 17.5 Å². The van der Waals surface area contributed by atoms with E-state index in [4.69, 9.17) is 0 Å². The lowest BCUT2D eigenvalue weighted by Crippen LogP contribution is -2.41. The lowest BCUT2D eigenvalue weighted by Gasteiger charge is -2.35. The number of hydrogen-bond acceptors (Lipinski definition) is 2. The molecule has 1 saturated heterocycles. The van der Waals surface area contributed by atoms with Crippen molar-refractivity contribution in [3.63, 3.8) is 0 Å². The predicted molar refractivity (Wildman–Crippen MR) is 124 cm³/mol. The molecule has 1 aliphatic heterocycles. The minimum absolute atomic E-state index is 0.00627. The van der Waals surface area contributed by atoms with Crippen molar-refractivity contribution in [2.45, 2.75) is 13.8 Å². The van der Waals surface area contributed by atoms with Crippen LogP contribution in [0.15, 0.2) is 83.4 Å². The standard InChI is InChI=1S/C27H25F2N2/c1-19(2)16-31-17-20(18-31)13-24-25(28)14-23(15-26(24)29)30-27(21-9-5-3-6-10-21)22-11-7-4-8-12-22/h3-15H,16-18H2,1-2H3. The summed E-state index contributed by atoms with van der Waals surface area (Å²) in [5.74, 6) is 0.137. The molecule has 0 aliphatic carbocycles. The van der Waals surface area contributed by atoms with Gasteiger partial charge in [0.1, 0.15) is 11.6 Å². The fourth-order valence-corrected chi connectivity index (χ4v) is 3.77. The van der Waals surface area contributed by atoms with E-state index in [1.807, 2.05) is 60.7 Å². The lowest BCUT2D eigenvalue weighted by molar-refractivity contribution is 0.262. The molecule has 1 aliphatic rings. The van der Waals surface area contributed by atoms with Crippen molar-refractivity contribution < 1.29 is 8.78 Å². The number of benzene rings is 3. The van der Waals surface area contributed by atoms with Crippen molar-refractivity contribution in [3.8, 4) is 0 Å². The fourth-order valence-electron chi connectivity index (χ4n) is 3.77. The van der Waals surface area contributed by atoms with Crippen LogP contribution in [0.1, 0.15) is 30.5 Å². The molecule has 4 rings (SSSR count). The summed E-state index contributed by atoms with van der Waals surface area (Å²) >= 11 is 0. The lowest BCUT2D eigenvalue weighted by atomic mass is 10.0. The number of likely N-dealkylation sites (tertiary alicyclic amines) is 1. The molecule has 31 heavy (non-hydrogen) atoms. The van der Waals surface area contributed by atoms with Gasteiger partial charge in [0.2, 0.25) is 0 Å². The normalized spacial score (nSPS) is 13.8. The fraction of sp³-hybridized carbons (Fsp3) is 0.185. The maximum Gasteiger partial charge on any atom is 0.135 e. The molecule has 0 bridgehead atoms. The summed E-state index contributed by atoms with van der Waals surface area (Å²) in [6.07, 6.45) is 1.63. The number of halogens is 2. The van der Waals surface area contributed by atoms with E-state index in [1.165, 1.54) is 18.1 Å². The smallest absolute Gasteiger partial charge is 0.135 e. The predicted octanol–water partition coefficient (Wildman–Crippen LogP) is 6.45. The summed E-state index contributed by atoms with van der Waals surface area (Å²) in [4.78, 5) is 6.86. The van der Waals surface area contributed by atoms with Crippen molar-refractivity contribution in [1.82, 2.24) is 4.90 Å². The Morgan fingerprint density at radius 1 is 0.871 bits per heavy atom. The highest BCUT2D eigenvalue weighted by Crippen LogP contribution is 2.27. The van der Waals surface area contributed by atoms with Crippen molar-refractivity contribution in [2.75, 3.05) is 19.6 Å². The van der Waals surface area contributed by atoms with Gasteiger partial charge in [-0.05, 0) is 17.6 Å². The molecule has 1 heterocycles. The molecular weight excluding hydrogens is 390 g/mol. The second kappa shape index (κ2) is 9.36. The summed E-state index contributed by atoms with van der Waals surface area (Å²) in [7, 11) is 0. The second-order valence-corrected chi connectivity index (χ2v) is 8.17. The van der Waals surface area contributed by atoms with Crippen molar-refractivity contribution in [2.24, 2.45) is 4.99 Å². The summed E-state index contributed by atoms with van der Waals surface area (Å²) in [5, 5.41) is 0. The third-order valence-electron chi connectivity index (χ3n) is 5.14. The first-order valence-electron chi connectivity index (χ1n) is 10.4.